The van der Waals surface area contributed by atoms with Gasteiger partial charge in [0.15, 0.2) is 0 Å². The highest BCUT2D eigenvalue weighted by molar-refractivity contribution is 5.60. The van der Waals surface area contributed by atoms with Gasteiger partial charge in [-0.1, -0.05) is 30.8 Å². The van der Waals surface area contributed by atoms with Gasteiger partial charge in [0.1, 0.15) is 0 Å². The number of hydrogen-bond donors (Lipinski definition) is 2. The molecule has 1 aliphatic carbocycles. The largest absolute Gasteiger partial charge is 0.399 e. The minimum Gasteiger partial charge on any atom is -0.399 e. The SMILES string of the molecule is C=C(N)c1ccc(C2(O)CCC2)cc1. The summed E-state index contributed by atoms with van der Waals surface area (Å²) in [7, 11) is 0. The molecule has 2 nitrogen and oxygen atoms in total. The Bertz CT molecular complexity index is 349. The van der Waals surface area contributed by atoms with Gasteiger partial charge in [-0.15, -0.1) is 0 Å². The molecule has 0 radical (unpaired) electrons. The van der Waals surface area contributed by atoms with Crippen LogP contribution in [0, 0.1) is 0 Å². The number of benzene rings is 1. The minimum absolute atomic E-state index is 0.567. The quantitative estimate of drug-likeness (QED) is 0.747. The van der Waals surface area contributed by atoms with Gasteiger partial charge in [-0.2, -0.15) is 0 Å². The van der Waals surface area contributed by atoms with Gasteiger partial charge in [0.2, 0.25) is 0 Å². The van der Waals surface area contributed by atoms with Crippen molar-refractivity contribution in [1.29, 1.82) is 0 Å². The fourth-order valence-electron chi connectivity index (χ4n) is 1.79. The van der Waals surface area contributed by atoms with Crippen LogP contribution in [0.3, 0.4) is 0 Å². The molecule has 1 fully saturated rings. The van der Waals surface area contributed by atoms with Crippen LogP contribution in [0.5, 0.6) is 0 Å². The van der Waals surface area contributed by atoms with Gasteiger partial charge >= 0.3 is 0 Å². The van der Waals surface area contributed by atoms with E-state index in [-0.39, 0.29) is 0 Å². The molecule has 0 bridgehead atoms. The second kappa shape index (κ2) is 3.14. The van der Waals surface area contributed by atoms with Gasteiger partial charge in [-0.3, -0.25) is 0 Å². The van der Waals surface area contributed by atoms with Crippen LogP contribution in [0.15, 0.2) is 30.8 Å². The highest BCUT2D eigenvalue weighted by atomic mass is 16.3. The van der Waals surface area contributed by atoms with E-state index in [2.05, 4.69) is 6.58 Å². The van der Waals surface area contributed by atoms with E-state index in [1.807, 2.05) is 24.3 Å². The minimum atomic E-state index is -0.575. The summed E-state index contributed by atoms with van der Waals surface area (Å²) in [5, 5.41) is 10.1. The highest BCUT2D eigenvalue weighted by Gasteiger charge is 2.35. The summed E-state index contributed by atoms with van der Waals surface area (Å²) < 4.78 is 0. The molecule has 1 aromatic carbocycles. The van der Waals surface area contributed by atoms with Crippen molar-refractivity contribution in [2.24, 2.45) is 5.73 Å². The maximum Gasteiger partial charge on any atom is 0.0896 e. The molecular weight excluding hydrogens is 174 g/mol. The van der Waals surface area contributed by atoms with Gasteiger partial charge in [-0.25, -0.2) is 0 Å². The van der Waals surface area contributed by atoms with Crippen molar-refractivity contribution in [2.75, 3.05) is 0 Å². The topological polar surface area (TPSA) is 46.2 Å². The van der Waals surface area contributed by atoms with E-state index in [0.717, 1.165) is 30.4 Å². The van der Waals surface area contributed by atoms with Crippen molar-refractivity contribution in [3.05, 3.63) is 42.0 Å². The van der Waals surface area contributed by atoms with E-state index in [9.17, 15) is 5.11 Å². The van der Waals surface area contributed by atoms with Crippen molar-refractivity contribution in [1.82, 2.24) is 0 Å². The molecule has 1 saturated carbocycles. The summed E-state index contributed by atoms with van der Waals surface area (Å²) >= 11 is 0. The molecule has 0 amide bonds. The summed E-state index contributed by atoms with van der Waals surface area (Å²) in [4.78, 5) is 0. The lowest BCUT2D eigenvalue weighted by atomic mass is 9.75. The maximum atomic E-state index is 10.1. The summed E-state index contributed by atoms with van der Waals surface area (Å²) in [5.74, 6) is 0. The van der Waals surface area contributed by atoms with Crippen molar-refractivity contribution in [3.63, 3.8) is 0 Å². The first kappa shape index (κ1) is 9.28. The summed E-state index contributed by atoms with van der Waals surface area (Å²) in [6, 6.07) is 7.70. The summed E-state index contributed by atoms with van der Waals surface area (Å²) in [6.45, 7) is 3.67. The number of aliphatic hydroxyl groups is 1. The molecule has 2 heteroatoms. The molecule has 0 atom stereocenters. The predicted molar refractivity (Wildman–Crippen MR) is 57.4 cm³/mol. The van der Waals surface area contributed by atoms with Crippen LogP contribution in [0.1, 0.15) is 30.4 Å². The first-order chi connectivity index (χ1) is 6.62. The smallest absolute Gasteiger partial charge is 0.0896 e. The Balaban J connectivity index is 2.25. The first-order valence-corrected chi connectivity index (χ1v) is 4.89. The Hall–Kier alpha value is -1.28. The Morgan fingerprint density at radius 2 is 1.86 bits per heavy atom. The van der Waals surface area contributed by atoms with Crippen LogP contribution in [-0.2, 0) is 5.60 Å². The second-order valence-corrected chi connectivity index (χ2v) is 3.99. The molecule has 0 aromatic heterocycles. The van der Waals surface area contributed by atoms with E-state index < -0.39 is 5.60 Å². The number of rotatable bonds is 2. The van der Waals surface area contributed by atoms with E-state index in [1.165, 1.54) is 0 Å². The third-order valence-corrected chi connectivity index (χ3v) is 2.97. The predicted octanol–water partition coefficient (Wildman–Crippen LogP) is 1.99. The Morgan fingerprint density at radius 3 is 2.21 bits per heavy atom. The van der Waals surface area contributed by atoms with Crippen molar-refractivity contribution >= 4 is 5.70 Å². The lowest BCUT2D eigenvalue weighted by molar-refractivity contribution is -0.0387. The Kier molecular flexibility index (Phi) is 2.08. The van der Waals surface area contributed by atoms with E-state index in [1.54, 1.807) is 0 Å². The first-order valence-electron chi connectivity index (χ1n) is 4.89. The summed E-state index contributed by atoms with van der Waals surface area (Å²) in [5.41, 5.74) is 7.48. The van der Waals surface area contributed by atoms with Crippen LogP contribution in [-0.4, -0.2) is 5.11 Å². The van der Waals surface area contributed by atoms with E-state index in [0.29, 0.717) is 5.70 Å². The second-order valence-electron chi connectivity index (χ2n) is 3.99. The van der Waals surface area contributed by atoms with Gasteiger partial charge in [0.05, 0.1) is 5.60 Å². The van der Waals surface area contributed by atoms with Crippen molar-refractivity contribution in [2.45, 2.75) is 24.9 Å². The molecule has 0 heterocycles. The van der Waals surface area contributed by atoms with Crippen LogP contribution in [0.2, 0.25) is 0 Å². The van der Waals surface area contributed by atoms with Gasteiger partial charge in [-0.05, 0) is 30.4 Å². The molecule has 0 saturated heterocycles. The lowest BCUT2D eigenvalue weighted by Gasteiger charge is -2.37. The van der Waals surface area contributed by atoms with Gasteiger partial charge < -0.3 is 10.8 Å². The lowest BCUT2D eigenvalue weighted by Crippen LogP contribution is -2.33. The molecule has 1 aromatic rings. The molecule has 0 aliphatic heterocycles. The average Bonchev–Trinajstić information content (AvgIpc) is 2.14. The molecule has 2 rings (SSSR count). The number of nitrogens with two attached hydrogens (primary N) is 1. The van der Waals surface area contributed by atoms with Crippen molar-refractivity contribution < 1.29 is 5.11 Å². The highest BCUT2D eigenvalue weighted by Crippen LogP contribution is 2.40. The van der Waals surface area contributed by atoms with Crippen molar-refractivity contribution in [3.8, 4) is 0 Å². The molecule has 74 valence electrons. The van der Waals surface area contributed by atoms with E-state index >= 15 is 0 Å². The van der Waals surface area contributed by atoms with E-state index in [4.69, 9.17) is 5.73 Å². The van der Waals surface area contributed by atoms with Gasteiger partial charge in [0, 0.05) is 5.70 Å². The third kappa shape index (κ3) is 1.42. The third-order valence-electron chi connectivity index (χ3n) is 2.97. The van der Waals surface area contributed by atoms with Crippen LogP contribution < -0.4 is 5.73 Å². The fraction of sp³-hybridized carbons (Fsp3) is 0.333. The zero-order valence-corrected chi connectivity index (χ0v) is 8.16. The maximum absolute atomic E-state index is 10.1. The monoisotopic (exact) mass is 189 g/mol. The van der Waals surface area contributed by atoms with Crippen LogP contribution in [0.25, 0.3) is 5.70 Å². The normalized spacial score (nSPS) is 18.6. The molecule has 0 unspecified atom stereocenters. The standard InChI is InChI=1S/C12H15NO/c1-9(13)10-3-5-11(6-4-10)12(14)7-2-8-12/h3-6,14H,1-2,7-8,13H2. The fourth-order valence-corrected chi connectivity index (χ4v) is 1.79. The zero-order valence-electron chi connectivity index (χ0n) is 8.16. The van der Waals surface area contributed by atoms with Crippen LogP contribution >= 0.6 is 0 Å². The summed E-state index contributed by atoms with van der Waals surface area (Å²) in [6.07, 6.45) is 2.85. The van der Waals surface area contributed by atoms with Crippen LogP contribution in [0.4, 0.5) is 0 Å². The Labute approximate surface area is 84.1 Å². The molecule has 3 N–H and O–H groups in total. The van der Waals surface area contributed by atoms with Gasteiger partial charge in [0.25, 0.3) is 0 Å². The molecule has 1 aliphatic rings. The number of hydrogen-bond acceptors (Lipinski definition) is 2. The average molecular weight is 189 g/mol. The molecular formula is C12H15NO. The Morgan fingerprint density at radius 1 is 1.29 bits per heavy atom. The molecule has 14 heavy (non-hydrogen) atoms. The molecule has 0 spiro atoms. The zero-order chi connectivity index (χ0) is 10.2.